The van der Waals surface area contributed by atoms with E-state index in [1.165, 1.54) is 18.0 Å². The van der Waals surface area contributed by atoms with Crippen LogP contribution < -0.4 is 16.0 Å². The van der Waals surface area contributed by atoms with Crippen LogP contribution in [0.15, 0.2) is 93.2 Å². The molecule has 7 nitrogen and oxygen atoms in total. The van der Waals surface area contributed by atoms with Gasteiger partial charge in [0, 0.05) is 27.1 Å². The van der Waals surface area contributed by atoms with Gasteiger partial charge in [0.2, 0.25) is 5.91 Å². The number of furan rings is 1. The van der Waals surface area contributed by atoms with Crippen LogP contribution in [0.25, 0.3) is 0 Å². The van der Waals surface area contributed by atoms with E-state index in [4.69, 9.17) is 27.6 Å². The van der Waals surface area contributed by atoms with Crippen LogP contribution in [0.2, 0.25) is 10.0 Å². The van der Waals surface area contributed by atoms with E-state index in [1.54, 1.807) is 67.6 Å². The second-order valence-corrected chi connectivity index (χ2v) is 9.63. The molecule has 4 rings (SSSR count). The van der Waals surface area contributed by atoms with E-state index in [0.717, 1.165) is 0 Å². The Morgan fingerprint density at radius 3 is 2.19 bits per heavy atom. The Labute approximate surface area is 222 Å². The highest BCUT2D eigenvalue weighted by Gasteiger charge is 2.36. The fourth-order valence-corrected chi connectivity index (χ4v) is 4.81. The molecule has 1 aliphatic heterocycles. The third-order valence-electron chi connectivity index (χ3n) is 5.30. The summed E-state index contributed by atoms with van der Waals surface area (Å²) < 4.78 is 5.62. The molecule has 0 spiro atoms. The summed E-state index contributed by atoms with van der Waals surface area (Å²) in [5, 5.41) is 20.5. The van der Waals surface area contributed by atoms with Gasteiger partial charge in [0.1, 0.15) is 5.76 Å². The van der Waals surface area contributed by atoms with Gasteiger partial charge >= 0.3 is 0 Å². The molecule has 0 bridgehead atoms. The van der Waals surface area contributed by atoms with Crippen LogP contribution in [0, 0.1) is 11.3 Å². The standard InChI is InChI=1S/C26H20Cl2N4O3S/c1-15-23(25(34)32-19-10-6-17(28)7-11-19)24(21-3-2-12-35-21)20(13-29)26(30-15)36-14-22(33)31-18-8-4-16(27)5-9-18/h2-12,24,30H,14H2,1H3,(H,31,33)(H,32,34). The molecule has 3 aromatic rings. The highest BCUT2D eigenvalue weighted by molar-refractivity contribution is 8.03. The fraction of sp³-hybridized carbons (Fsp3) is 0.115. The zero-order chi connectivity index (χ0) is 25.7. The molecule has 1 unspecified atom stereocenters. The van der Waals surface area contributed by atoms with Gasteiger partial charge in [-0.3, -0.25) is 9.59 Å². The van der Waals surface area contributed by atoms with Gasteiger partial charge in [0.15, 0.2) is 0 Å². The second-order valence-electron chi connectivity index (χ2n) is 7.77. The van der Waals surface area contributed by atoms with Crippen molar-refractivity contribution >= 4 is 58.2 Å². The quantitative estimate of drug-likeness (QED) is 0.326. The van der Waals surface area contributed by atoms with Crippen LogP contribution in [-0.4, -0.2) is 17.6 Å². The molecule has 10 heteroatoms. The van der Waals surface area contributed by atoms with E-state index in [2.05, 4.69) is 22.0 Å². The Bertz CT molecular complexity index is 1380. The molecular weight excluding hydrogens is 519 g/mol. The topological polar surface area (TPSA) is 107 Å². The average Bonchev–Trinajstić information content (AvgIpc) is 3.39. The Balaban J connectivity index is 1.57. The van der Waals surface area contributed by atoms with Gasteiger partial charge in [0.05, 0.1) is 40.2 Å². The van der Waals surface area contributed by atoms with E-state index >= 15 is 0 Å². The molecule has 3 N–H and O–H groups in total. The summed E-state index contributed by atoms with van der Waals surface area (Å²) in [4.78, 5) is 25.9. The van der Waals surface area contributed by atoms with Crippen molar-refractivity contribution in [2.24, 2.45) is 0 Å². The lowest BCUT2D eigenvalue weighted by atomic mass is 9.85. The van der Waals surface area contributed by atoms with Crippen molar-refractivity contribution in [1.29, 1.82) is 5.26 Å². The van der Waals surface area contributed by atoms with Crippen LogP contribution in [0.4, 0.5) is 11.4 Å². The Hall–Kier alpha value is -3.64. The fourth-order valence-electron chi connectivity index (χ4n) is 3.67. The van der Waals surface area contributed by atoms with Crippen molar-refractivity contribution in [3.63, 3.8) is 0 Å². The minimum atomic E-state index is -0.750. The van der Waals surface area contributed by atoms with Crippen LogP contribution in [0.5, 0.6) is 0 Å². The van der Waals surface area contributed by atoms with E-state index in [0.29, 0.717) is 43.5 Å². The third-order valence-corrected chi connectivity index (χ3v) is 6.82. The summed E-state index contributed by atoms with van der Waals surface area (Å²) >= 11 is 13.0. The molecule has 1 aliphatic rings. The number of hydrogen-bond donors (Lipinski definition) is 3. The van der Waals surface area contributed by atoms with Crippen LogP contribution in [0.3, 0.4) is 0 Å². The highest BCUT2D eigenvalue weighted by atomic mass is 35.5. The molecular formula is C26H20Cl2N4O3S. The number of nitrogens with zero attached hydrogens (tertiary/aromatic N) is 1. The summed E-state index contributed by atoms with van der Waals surface area (Å²) in [5.41, 5.74) is 2.33. The second kappa shape index (κ2) is 11.4. The maximum Gasteiger partial charge on any atom is 0.254 e. The van der Waals surface area contributed by atoms with Crippen LogP contribution in [0.1, 0.15) is 18.6 Å². The van der Waals surface area contributed by atoms with Crippen molar-refractivity contribution in [3.8, 4) is 6.07 Å². The van der Waals surface area contributed by atoms with Gasteiger partial charge in [0.25, 0.3) is 5.91 Å². The summed E-state index contributed by atoms with van der Waals surface area (Å²) in [6.45, 7) is 1.75. The predicted octanol–water partition coefficient (Wildman–Crippen LogP) is 6.29. The van der Waals surface area contributed by atoms with E-state index in [-0.39, 0.29) is 23.1 Å². The number of carbonyl (C=O) groups is 2. The lowest BCUT2D eigenvalue weighted by Gasteiger charge is -2.28. The van der Waals surface area contributed by atoms with Gasteiger partial charge in [-0.1, -0.05) is 35.0 Å². The largest absolute Gasteiger partial charge is 0.468 e. The minimum absolute atomic E-state index is 0.0423. The third kappa shape index (κ3) is 5.94. The number of anilines is 2. The number of benzene rings is 2. The molecule has 2 aromatic carbocycles. The predicted molar refractivity (Wildman–Crippen MR) is 143 cm³/mol. The maximum absolute atomic E-state index is 13.3. The van der Waals surface area contributed by atoms with Crippen molar-refractivity contribution in [3.05, 3.63) is 105 Å². The number of rotatable bonds is 7. The number of carbonyl (C=O) groups excluding carboxylic acids is 2. The van der Waals surface area contributed by atoms with Gasteiger partial charge in [-0.05, 0) is 67.6 Å². The normalized spacial score (nSPS) is 15.2. The van der Waals surface area contributed by atoms with Crippen LogP contribution >= 0.6 is 35.0 Å². The monoisotopic (exact) mass is 538 g/mol. The number of allylic oxidation sites excluding steroid dienone is 2. The zero-order valence-electron chi connectivity index (χ0n) is 19.0. The van der Waals surface area contributed by atoms with Gasteiger partial charge in [-0.15, -0.1) is 0 Å². The molecule has 182 valence electrons. The summed E-state index contributed by atoms with van der Waals surface area (Å²) in [7, 11) is 0. The first-order chi connectivity index (χ1) is 17.4. The maximum atomic E-state index is 13.3. The van der Waals surface area contributed by atoms with Gasteiger partial charge in [-0.2, -0.15) is 5.26 Å². The van der Waals surface area contributed by atoms with Crippen molar-refractivity contribution < 1.29 is 14.0 Å². The molecule has 1 atom stereocenters. The highest BCUT2D eigenvalue weighted by Crippen LogP contribution is 2.41. The lowest BCUT2D eigenvalue weighted by molar-refractivity contribution is -0.114. The summed E-state index contributed by atoms with van der Waals surface area (Å²) in [5.74, 6) is -0.907. The van der Waals surface area contributed by atoms with Gasteiger partial charge in [-0.25, -0.2) is 0 Å². The molecule has 0 radical (unpaired) electrons. The molecule has 0 saturated carbocycles. The number of dihydropyridines is 1. The average molecular weight is 539 g/mol. The number of nitriles is 1. The molecule has 0 saturated heterocycles. The summed E-state index contributed by atoms with van der Waals surface area (Å²) in [6.07, 6.45) is 1.49. The van der Waals surface area contributed by atoms with E-state index in [9.17, 15) is 14.9 Å². The molecule has 1 aromatic heterocycles. The van der Waals surface area contributed by atoms with E-state index < -0.39 is 5.92 Å². The van der Waals surface area contributed by atoms with Crippen LogP contribution in [-0.2, 0) is 9.59 Å². The molecule has 2 amide bonds. The Morgan fingerprint density at radius 2 is 1.64 bits per heavy atom. The van der Waals surface area contributed by atoms with Gasteiger partial charge < -0.3 is 20.4 Å². The first-order valence-electron chi connectivity index (χ1n) is 10.8. The number of hydrogen-bond acceptors (Lipinski definition) is 6. The van der Waals surface area contributed by atoms with Crippen molar-refractivity contribution in [2.75, 3.05) is 16.4 Å². The SMILES string of the molecule is CC1=C(C(=O)Nc2ccc(Cl)cc2)C(c2ccco2)C(C#N)=C(SCC(=O)Nc2ccc(Cl)cc2)N1. The first kappa shape index (κ1) is 25.5. The van der Waals surface area contributed by atoms with Crippen molar-refractivity contribution in [2.45, 2.75) is 12.8 Å². The number of halogens is 2. The molecule has 0 aliphatic carbocycles. The lowest BCUT2D eigenvalue weighted by Crippen LogP contribution is -2.31. The molecule has 36 heavy (non-hydrogen) atoms. The zero-order valence-corrected chi connectivity index (χ0v) is 21.3. The van der Waals surface area contributed by atoms with E-state index in [1.807, 2.05) is 0 Å². The Morgan fingerprint density at radius 1 is 1.03 bits per heavy atom. The number of thioether (sulfide) groups is 1. The van der Waals surface area contributed by atoms with Crippen molar-refractivity contribution in [1.82, 2.24) is 5.32 Å². The Kier molecular flexibility index (Phi) is 8.06. The number of amides is 2. The molecule has 2 heterocycles. The first-order valence-corrected chi connectivity index (χ1v) is 12.5. The number of nitrogens with one attached hydrogen (secondary N) is 3. The summed E-state index contributed by atoms with van der Waals surface area (Å²) in [6, 6.07) is 19.1. The smallest absolute Gasteiger partial charge is 0.254 e. The minimum Gasteiger partial charge on any atom is -0.468 e. The molecule has 0 fully saturated rings.